The van der Waals surface area contributed by atoms with Gasteiger partial charge in [0.15, 0.2) is 5.65 Å². The summed E-state index contributed by atoms with van der Waals surface area (Å²) in [6.45, 7) is 4.75. The smallest absolute Gasteiger partial charge is 0.407 e. The summed E-state index contributed by atoms with van der Waals surface area (Å²) in [6, 6.07) is 3.84. The summed E-state index contributed by atoms with van der Waals surface area (Å²) in [5.74, 6) is 1.11. The summed E-state index contributed by atoms with van der Waals surface area (Å²) in [5.41, 5.74) is 1.76. The van der Waals surface area contributed by atoms with Crippen LogP contribution in [-0.4, -0.2) is 43.7 Å². The highest BCUT2D eigenvalue weighted by Gasteiger charge is 2.22. The second-order valence-corrected chi connectivity index (χ2v) is 5.41. The zero-order chi connectivity index (χ0) is 15.4. The maximum atomic E-state index is 11.1. The van der Waals surface area contributed by atoms with Crippen LogP contribution in [0, 0.1) is 5.92 Å². The van der Waals surface area contributed by atoms with Gasteiger partial charge in [0.05, 0.1) is 11.8 Å². The van der Waals surface area contributed by atoms with E-state index in [9.17, 15) is 4.79 Å². The molecule has 0 saturated heterocycles. The molecule has 0 saturated carbocycles. The number of aromatic nitrogens is 3. The van der Waals surface area contributed by atoms with Crippen LogP contribution in [0.3, 0.4) is 0 Å². The summed E-state index contributed by atoms with van der Waals surface area (Å²) < 4.78 is 2.06. The molecular weight excluding hydrogens is 268 g/mol. The van der Waals surface area contributed by atoms with Crippen molar-refractivity contribution in [2.75, 3.05) is 7.05 Å². The zero-order valence-electron chi connectivity index (χ0n) is 12.7. The molecule has 21 heavy (non-hydrogen) atoms. The lowest BCUT2D eigenvalue weighted by atomic mass is 9.98. The molecule has 0 aliphatic heterocycles. The number of hydrogen-bond donors (Lipinski definition) is 1. The fourth-order valence-corrected chi connectivity index (χ4v) is 2.53. The number of amides is 1. The van der Waals surface area contributed by atoms with E-state index in [1.165, 1.54) is 4.90 Å². The Hall–Kier alpha value is -2.11. The minimum atomic E-state index is -0.890. The largest absolute Gasteiger partial charge is 0.465 e. The minimum Gasteiger partial charge on any atom is -0.465 e. The van der Waals surface area contributed by atoms with Crippen molar-refractivity contribution in [3.63, 3.8) is 0 Å². The number of pyridine rings is 1. The third-order valence-corrected chi connectivity index (χ3v) is 3.71. The molecule has 0 spiro atoms. The number of hydrogen-bond acceptors (Lipinski definition) is 3. The molecule has 0 aliphatic carbocycles. The molecule has 1 amide bonds. The van der Waals surface area contributed by atoms with Crippen LogP contribution in [0.4, 0.5) is 4.79 Å². The fraction of sp³-hybridized carbons (Fsp3) is 0.467. The Bertz CT molecular complexity index is 608. The molecule has 1 unspecified atom stereocenters. The van der Waals surface area contributed by atoms with E-state index in [0.717, 1.165) is 36.5 Å². The van der Waals surface area contributed by atoms with Crippen molar-refractivity contribution in [1.29, 1.82) is 0 Å². The van der Waals surface area contributed by atoms with E-state index in [2.05, 4.69) is 14.5 Å². The van der Waals surface area contributed by atoms with Crippen LogP contribution in [0.2, 0.25) is 0 Å². The first-order chi connectivity index (χ1) is 10.0. The number of carbonyl (C=O) groups is 1. The summed E-state index contributed by atoms with van der Waals surface area (Å²) in [6.07, 6.45) is 4.31. The minimum absolute atomic E-state index is 0.0459. The third kappa shape index (κ3) is 3.51. The van der Waals surface area contributed by atoms with Crippen molar-refractivity contribution in [3.05, 3.63) is 30.6 Å². The Kier molecular flexibility index (Phi) is 4.77. The zero-order valence-corrected chi connectivity index (χ0v) is 12.7. The summed E-state index contributed by atoms with van der Waals surface area (Å²) in [7, 11) is 1.62. The van der Waals surface area contributed by atoms with Crippen molar-refractivity contribution >= 4 is 17.3 Å². The van der Waals surface area contributed by atoms with Gasteiger partial charge in [0.1, 0.15) is 0 Å². The SMILES string of the molecule is C[C](C)C(CCCn1cnc2ncccc21)N(C)C(=O)O. The monoisotopic (exact) mass is 289 g/mol. The van der Waals surface area contributed by atoms with Crippen LogP contribution in [0.5, 0.6) is 0 Å². The lowest BCUT2D eigenvalue weighted by Gasteiger charge is -2.28. The summed E-state index contributed by atoms with van der Waals surface area (Å²) in [5, 5.41) is 9.12. The van der Waals surface area contributed by atoms with Crippen LogP contribution in [0.15, 0.2) is 24.7 Å². The molecule has 1 atom stereocenters. The Labute approximate surface area is 124 Å². The predicted molar refractivity (Wildman–Crippen MR) is 80.9 cm³/mol. The molecule has 6 heteroatoms. The van der Waals surface area contributed by atoms with Crippen molar-refractivity contribution in [3.8, 4) is 0 Å². The Morgan fingerprint density at radius 2 is 2.19 bits per heavy atom. The highest BCUT2D eigenvalue weighted by Crippen LogP contribution is 2.18. The number of fused-ring (bicyclic) bond motifs is 1. The molecule has 1 N–H and O–H groups in total. The van der Waals surface area contributed by atoms with Crippen LogP contribution in [-0.2, 0) is 6.54 Å². The van der Waals surface area contributed by atoms with Gasteiger partial charge in [0, 0.05) is 25.8 Å². The normalized spacial score (nSPS) is 12.8. The molecule has 0 bridgehead atoms. The van der Waals surface area contributed by atoms with Crippen LogP contribution in [0.25, 0.3) is 11.2 Å². The number of rotatable bonds is 6. The molecule has 6 nitrogen and oxygen atoms in total. The molecule has 0 aromatic carbocycles. The van der Waals surface area contributed by atoms with Crippen molar-refractivity contribution in [2.24, 2.45) is 0 Å². The van der Waals surface area contributed by atoms with Gasteiger partial charge in [-0.15, -0.1) is 0 Å². The molecule has 2 rings (SSSR count). The van der Waals surface area contributed by atoms with E-state index in [4.69, 9.17) is 5.11 Å². The summed E-state index contributed by atoms with van der Waals surface area (Å²) >= 11 is 0. The molecule has 0 fully saturated rings. The molecule has 1 radical (unpaired) electrons. The van der Waals surface area contributed by atoms with Crippen molar-refractivity contribution in [2.45, 2.75) is 39.3 Å². The molecule has 113 valence electrons. The van der Waals surface area contributed by atoms with Gasteiger partial charge in [-0.25, -0.2) is 14.8 Å². The van der Waals surface area contributed by atoms with Gasteiger partial charge in [-0.1, -0.05) is 13.8 Å². The van der Waals surface area contributed by atoms with Gasteiger partial charge >= 0.3 is 6.09 Å². The summed E-state index contributed by atoms with van der Waals surface area (Å²) in [4.78, 5) is 20.9. The van der Waals surface area contributed by atoms with Gasteiger partial charge in [-0.3, -0.25) is 0 Å². The number of imidazole rings is 1. The Morgan fingerprint density at radius 3 is 2.86 bits per heavy atom. The first kappa shape index (κ1) is 15.3. The van der Waals surface area contributed by atoms with Crippen LogP contribution in [0.1, 0.15) is 26.7 Å². The van der Waals surface area contributed by atoms with E-state index in [1.807, 2.05) is 26.0 Å². The average Bonchev–Trinajstić information content (AvgIpc) is 2.86. The van der Waals surface area contributed by atoms with Gasteiger partial charge in [0.25, 0.3) is 0 Å². The van der Waals surface area contributed by atoms with Crippen molar-refractivity contribution in [1.82, 2.24) is 19.4 Å². The number of aryl methyl sites for hydroxylation is 1. The van der Waals surface area contributed by atoms with Crippen LogP contribution < -0.4 is 0 Å². The lowest BCUT2D eigenvalue weighted by molar-refractivity contribution is 0.137. The topological polar surface area (TPSA) is 71.2 Å². The Morgan fingerprint density at radius 1 is 1.43 bits per heavy atom. The van der Waals surface area contributed by atoms with Gasteiger partial charge in [-0.05, 0) is 30.9 Å². The van der Waals surface area contributed by atoms with E-state index >= 15 is 0 Å². The van der Waals surface area contributed by atoms with Gasteiger partial charge in [-0.2, -0.15) is 0 Å². The Balaban J connectivity index is 1.97. The standard InChI is InChI=1S/C15H21N4O2/c1-11(2)12(18(3)15(20)21)7-5-9-19-10-17-14-13(19)6-4-8-16-14/h4,6,8,10,12H,5,7,9H2,1-3H3,(H,20,21). The van der Waals surface area contributed by atoms with E-state index in [1.54, 1.807) is 19.6 Å². The molecule has 0 aliphatic rings. The van der Waals surface area contributed by atoms with E-state index < -0.39 is 6.09 Å². The number of carboxylic acid groups (broad SMARTS) is 1. The van der Waals surface area contributed by atoms with E-state index in [-0.39, 0.29) is 6.04 Å². The third-order valence-electron chi connectivity index (χ3n) is 3.71. The van der Waals surface area contributed by atoms with Gasteiger partial charge < -0.3 is 14.6 Å². The second kappa shape index (κ2) is 6.56. The predicted octanol–water partition coefficient (Wildman–Crippen LogP) is 2.80. The first-order valence-electron chi connectivity index (χ1n) is 7.02. The lowest BCUT2D eigenvalue weighted by Crippen LogP contribution is -2.38. The first-order valence-corrected chi connectivity index (χ1v) is 7.02. The second-order valence-electron chi connectivity index (χ2n) is 5.41. The maximum Gasteiger partial charge on any atom is 0.407 e. The molecular formula is C15H21N4O2. The van der Waals surface area contributed by atoms with Crippen molar-refractivity contribution < 1.29 is 9.90 Å². The number of nitrogens with zero attached hydrogens (tertiary/aromatic N) is 4. The molecule has 2 aromatic heterocycles. The maximum absolute atomic E-state index is 11.1. The highest BCUT2D eigenvalue weighted by molar-refractivity contribution is 5.70. The molecule has 2 heterocycles. The fourth-order valence-electron chi connectivity index (χ4n) is 2.53. The molecule has 2 aromatic rings. The van der Waals surface area contributed by atoms with Crippen LogP contribution >= 0.6 is 0 Å². The highest BCUT2D eigenvalue weighted by atomic mass is 16.4. The van der Waals surface area contributed by atoms with E-state index in [0.29, 0.717) is 0 Å². The quantitative estimate of drug-likeness (QED) is 0.887. The average molecular weight is 289 g/mol. The van der Waals surface area contributed by atoms with Gasteiger partial charge in [0.2, 0.25) is 0 Å².